The smallest absolute Gasteiger partial charge is 0.325 e. The van der Waals surface area contributed by atoms with E-state index in [1.54, 1.807) is 0 Å². The lowest BCUT2D eigenvalue weighted by molar-refractivity contribution is -0.145. The van der Waals surface area contributed by atoms with Gasteiger partial charge in [0.15, 0.2) is 0 Å². The highest BCUT2D eigenvalue weighted by molar-refractivity contribution is 5.75. The van der Waals surface area contributed by atoms with Crippen LogP contribution in [-0.4, -0.2) is 40.3 Å². The molecule has 1 fully saturated rings. The molecule has 4 nitrogen and oxygen atoms in total. The predicted molar refractivity (Wildman–Crippen MR) is 72.8 cm³/mol. The van der Waals surface area contributed by atoms with Crippen molar-refractivity contribution in [1.29, 1.82) is 0 Å². The van der Waals surface area contributed by atoms with E-state index in [-0.39, 0.29) is 18.5 Å². The van der Waals surface area contributed by atoms with Crippen LogP contribution in [0.2, 0.25) is 0 Å². The number of hydrogen-bond acceptors (Lipinski definition) is 3. The Kier molecular flexibility index (Phi) is 5.09. The summed E-state index contributed by atoms with van der Waals surface area (Å²) in [5.74, 6) is -1.30. The van der Waals surface area contributed by atoms with Crippen LogP contribution in [0.5, 0.6) is 0 Å². The van der Waals surface area contributed by atoms with Crippen LogP contribution in [0.3, 0.4) is 0 Å². The zero-order valence-corrected chi connectivity index (χ0v) is 11.3. The van der Waals surface area contributed by atoms with Crippen LogP contribution in [0.15, 0.2) is 24.3 Å². The Balaban J connectivity index is 2.26. The van der Waals surface area contributed by atoms with Gasteiger partial charge in [0, 0.05) is 12.6 Å². The molecule has 1 aromatic rings. The maximum absolute atomic E-state index is 13.0. The number of rotatable bonds is 5. The molecule has 2 unspecified atom stereocenters. The van der Waals surface area contributed by atoms with Gasteiger partial charge in [0.2, 0.25) is 0 Å². The SMILES string of the molecule is O=C(O)C(c1ccc(F)cc1)N1CCCCC1CCO. The lowest BCUT2D eigenvalue weighted by atomic mass is 9.94. The molecule has 1 aliphatic rings. The van der Waals surface area contributed by atoms with Crippen molar-refractivity contribution >= 4 is 5.97 Å². The molecule has 0 aliphatic carbocycles. The summed E-state index contributed by atoms with van der Waals surface area (Å²) < 4.78 is 13.0. The Morgan fingerprint density at radius 3 is 2.65 bits per heavy atom. The van der Waals surface area contributed by atoms with Crippen LogP contribution in [0.1, 0.15) is 37.3 Å². The Morgan fingerprint density at radius 2 is 2.05 bits per heavy atom. The minimum absolute atomic E-state index is 0.0525. The summed E-state index contributed by atoms with van der Waals surface area (Å²) >= 11 is 0. The number of aliphatic hydroxyl groups is 1. The van der Waals surface area contributed by atoms with Gasteiger partial charge in [0.05, 0.1) is 0 Å². The maximum Gasteiger partial charge on any atom is 0.325 e. The number of benzene rings is 1. The standard InChI is InChI=1S/C15H20FNO3/c16-12-6-4-11(5-7-12)14(15(19)20)17-9-2-1-3-13(17)8-10-18/h4-7,13-14,18H,1-3,8-10H2,(H,19,20). The normalized spacial score (nSPS) is 21.6. The summed E-state index contributed by atoms with van der Waals surface area (Å²) in [4.78, 5) is 13.6. The summed E-state index contributed by atoms with van der Waals surface area (Å²) in [7, 11) is 0. The lowest BCUT2D eigenvalue weighted by Gasteiger charge is -2.39. The Morgan fingerprint density at radius 1 is 1.35 bits per heavy atom. The molecule has 1 saturated heterocycles. The molecule has 0 radical (unpaired) electrons. The quantitative estimate of drug-likeness (QED) is 0.868. The molecule has 0 saturated carbocycles. The second-order valence-corrected chi connectivity index (χ2v) is 5.19. The Hall–Kier alpha value is -1.46. The van der Waals surface area contributed by atoms with Gasteiger partial charge in [-0.15, -0.1) is 0 Å². The third-order valence-corrected chi connectivity index (χ3v) is 3.89. The highest BCUT2D eigenvalue weighted by Crippen LogP contribution is 2.30. The first-order valence-electron chi connectivity index (χ1n) is 6.98. The number of carbonyl (C=O) groups is 1. The third-order valence-electron chi connectivity index (χ3n) is 3.89. The highest BCUT2D eigenvalue weighted by Gasteiger charge is 2.33. The number of nitrogens with zero attached hydrogens (tertiary/aromatic N) is 1. The Labute approximate surface area is 117 Å². The van der Waals surface area contributed by atoms with Gasteiger partial charge in [0.1, 0.15) is 11.9 Å². The molecule has 2 atom stereocenters. The van der Waals surface area contributed by atoms with Gasteiger partial charge in [-0.1, -0.05) is 18.6 Å². The van der Waals surface area contributed by atoms with Crippen molar-refractivity contribution < 1.29 is 19.4 Å². The number of carboxylic acids is 1. The van der Waals surface area contributed by atoms with Crippen LogP contribution < -0.4 is 0 Å². The van der Waals surface area contributed by atoms with Crippen LogP contribution >= 0.6 is 0 Å². The van der Waals surface area contributed by atoms with Crippen LogP contribution in [-0.2, 0) is 4.79 Å². The van der Waals surface area contributed by atoms with Crippen molar-refractivity contribution in [2.24, 2.45) is 0 Å². The van der Waals surface area contributed by atoms with E-state index in [0.29, 0.717) is 18.5 Å². The van der Waals surface area contributed by atoms with Gasteiger partial charge in [0.25, 0.3) is 0 Å². The largest absolute Gasteiger partial charge is 0.480 e. The van der Waals surface area contributed by atoms with E-state index in [1.807, 2.05) is 4.90 Å². The molecule has 0 spiro atoms. The van der Waals surface area contributed by atoms with E-state index in [1.165, 1.54) is 24.3 Å². The van der Waals surface area contributed by atoms with E-state index in [2.05, 4.69) is 0 Å². The first-order valence-corrected chi connectivity index (χ1v) is 6.98. The minimum Gasteiger partial charge on any atom is -0.480 e. The second kappa shape index (κ2) is 6.81. The van der Waals surface area contributed by atoms with Gasteiger partial charge in [-0.3, -0.25) is 9.69 Å². The first-order chi connectivity index (χ1) is 9.63. The van der Waals surface area contributed by atoms with E-state index in [4.69, 9.17) is 5.11 Å². The molecule has 1 heterocycles. The summed E-state index contributed by atoms with van der Waals surface area (Å²) in [6, 6.07) is 4.93. The van der Waals surface area contributed by atoms with E-state index in [9.17, 15) is 14.3 Å². The molecule has 0 aromatic heterocycles. The molecule has 110 valence electrons. The summed E-state index contributed by atoms with van der Waals surface area (Å²) in [6.07, 6.45) is 3.47. The fourth-order valence-electron chi connectivity index (χ4n) is 2.94. The summed E-state index contributed by atoms with van der Waals surface area (Å²) in [6.45, 7) is 0.746. The lowest BCUT2D eigenvalue weighted by Crippen LogP contribution is -2.45. The number of hydrogen-bond donors (Lipinski definition) is 2. The molecule has 2 N–H and O–H groups in total. The maximum atomic E-state index is 13.0. The van der Waals surface area contributed by atoms with Crippen LogP contribution in [0, 0.1) is 5.82 Å². The average molecular weight is 281 g/mol. The fourth-order valence-corrected chi connectivity index (χ4v) is 2.94. The van der Waals surface area contributed by atoms with Gasteiger partial charge in [-0.05, 0) is 43.5 Å². The van der Waals surface area contributed by atoms with Crippen molar-refractivity contribution in [3.05, 3.63) is 35.6 Å². The second-order valence-electron chi connectivity index (χ2n) is 5.19. The van der Waals surface area contributed by atoms with E-state index >= 15 is 0 Å². The van der Waals surface area contributed by atoms with Crippen LogP contribution in [0.4, 0.5) is 4.39 Å². The topological polar surface area (TPSA) is 60.8 Å². The average Bonchev–Trinajstić information content (AvgIpc) is 2.43. The number of halogens is 1. The summed E-state index contributed by atoms with van der Waals surface area (Å²) in [5, 5.41) is 18.7. The number of carboxylic acid groups (broad SMARTS) is 1. The molecule has 5 heteroatoms. The van der Waals surface area contributed by atoms with Crippen molar-refractivity contribution in [2.75, 3.05) is 13.2 Å². The molecular weight excluding hydrogens is 261 g/mol. The molecule has 0 bridgehead atoms. The number of aliphatic hydroxyl groups excluding tert-OH is 1. The Bertz CT molecular complexity index is 447. The van der Waals surface area contributed by atoms with Gasteiger partial charge in [-0.25, -0.2) is 4.39 Å². The number of likely N-dealkylation sites (tertiary alicyclic amines) is 1. The van der Waals surface area contributed by atoms with Crippen molar-refractivity contribution in [3.8, 4) is 0 Å². The van der Waals surface area contributed by atoms with Crippen molar-refractivity contribution in [3.63, 3.8) is 0 Å². The van der Waals surface area contributed by atoms with E-state index < -0.39 is 12.0 Å². The molecule has 1 aromatic carbocycles. The third kappa shape index (κ3) is 3.35. The molecule has 20 heavy (non-hydrogen) atoms. The summed E-state index contributed by atoms with van der Waals surface area (Å²) in [5.41, 5.74) is 0.587. The van der Waals surface area contributed by atoms with Gasteiger partial charge < -0.3 is 10.2 Å². The van der Waals surface area contributed by atoms with Crippen molar-refractivity contribution in [1.82, 2.24) is 4.90 Å². The monoisotopic (exact) mass is 281 g/mol. The molecular formula is C15H20FNO3. The van der Waals surface area contributed by atoms with E-state index in [0.717, 1.165) is 19.3 Å². The molecule has 0 amide bonds. The number of piperidine rings is 1. The first kappa shape index (κ1) is 14.9. The number of aliphatic carboxylic acids is 1. The molecule has 2 rings (SSSR count). The van der Waals surface area contributed by atoms with Crippen molar-refractivity contribution in [2.45, 2.75) is 37.8 Å². The van der Waals surface area contributed by atoms with Gasteiger partial charge in [-0.2, -0.15) is 0 Å². The molecule has 1 aliphatic heterocycles. The zero-order chi connectivity index (χ0) is 14.5. The zero-order valence-electron chi connectivity index (χ0n) is 11.3. The minimum atomic E-state index is -0.929. The predicted octanol–water partition coefficient (Wildman–Crippen LogP) is 2.19. The van der Waals surface area contributed by atoms with Crippen LogP contribution in [0.25, 0.3) is 0 Å². The fraction of sp³-hybridized carbons (Fsp3) is 0.533. The highest BCUT2D eigenvalue weighted by atomic mass is 19.1. The van der Waals surface area contributed by atoms with Gasteiger partial charge >= 0.3 is 5.97 Å².